The number of fused-ring (bicyclic) bond motifs is 1. The number of pyridine rings is 1. The van der Waals surface area contributed by atoms with E-state index in [1.807, 2.05) is 42.0 Å². The van der Waals surface area contributed by atoms with E-state index >= 15 is 0 Å². The van der Waals surface area contributed by atoms with Crippen molar-refractivity contribution in [2.24, 2.45) is 0 Å². The molecule has 4 rings (SSSR count). The summed E-state index contributed by atoms with van der Waals surface area (Å²) in [6, 6.07) is 14.5. The van der Waals surface area contributed by atoms with E-state index in [0.717, 1.165) is 22.4 Å². The summed E-state index contributed by atoms with van der Waals surface area (Å²) < 4.78 is 1.95. The van der Waals surface area contributed by atoms with E-state index in [9.17, 15) is 4.79 Å². The fraction of sp³-hybridized carbons (Fsp3) is 0.0500. The first kappa shape index (κ1) is 17.5. The van der Waals surface area contributed by atoms with Gasteiger partial charge in [-0.25, -0.2) is 9.97 Å². The predicted octanol–water partition coefficient (Wildman–Crippen LogP) is 5.29. The smallest absolute Gasteiger partial charge is 0.259 e. The van der Waals surface area contributed by atoms with E-state index in [-0.39, 0.29) is 15.6 Å². The van der Waals surface area contributed by atoms with Gasteiger partial charge < -0.3 is 9.88 Å². The zero-order valence-electron chi connectivity index (χ0n) is 14.3. The largest absolute Gasteiger partial charge is 0.306 e. The van der Waals surface area contributed by atoms with Crippen LogP contribution in [-0.2, 0) is 0 Å². The maximum absolute atomic E-state index is 12.7. The van der Waals surface area contributed by atoms with Crippen molar-refractivity contribution in [3.8, 4) is 5.69 Å². The summed E-state index contributed by atoms with van der Waals surface area (Å²) in [5.41, 5.74) is 1.84. The van der Waals surface area contributed by atoms with Gasteiger partial charge in [-0.2, -0.15) is 0 Å². The fourth-order valence-electron chi connectivity index (χ4n) is 2.95. The molecule has 1 N–H and O–H groups in total. The molecular weight excluding hydrogens is 383 g/mol. The van der Waals surface area contributed by atoms with Crippen molar-refractivity contribution in [3.05, 3.63) is 82.4 Å². The van der Waals surface area contributed by atoms with Crippen molar-refractivity contribution in [1.29, 1.82) is 0 Å². The lowest BCUT2D eigenvalue weighted by Gasteiger charge is -2.13. The number of hydrogen-bond acceptors (Lipinski definition) is 3. The molecule has 0 unspecified atom stereocenters. The number of nitrogens with one attached hydrogen (secondary N) is 1. The highest BCUT2D eigenvalue weighted by Crippen LogP contribution is 2.28. The van der Waals surface area contributed by atoms with Gasteiger partial charge in [0.05, 0.1) is 26.8 Å². The zero-order valence-corrected chi connectivity index (χ0v) is 15.8. The third kappa shape index (κ3) is 3.27. The van der Waals surface area contributed by atoms with Gasteiger partial charge in [0, 0.05) is 23.8 Å². The molecule has 0 aliphatic heterocycles. The van der Waals surface area contributed by atoms with E-state index in [2.05, 4.69) is 15.3 Å². The van der Waals surface area contributed by atoms with Gasteiger partial charge in [-0.05, 0) is 25.1 Å². The van der Waals surface area contributed by atoms with Gasteiger partial charge >= 0.3 is 0 Å². The van der Waals surface area contributed by atoms with Crippen molar-refractivity contribution < 1.29 is 4.79 Å². The fourth-order valence-corrected chi connectivity index (χ4v) is 3.52. The van der Waals surface area contributed by atoms with Crippen LogP contribution in [0.4, 0.5) is 5.82 Å². The van der Waals surface area contributed by atoms with E-state index in [1.165, 1.54) is 0 Å². The van der Waals surface area contributed by atoms with E-state index in [0.29, 0.717) is 5.82 Å². The van der Waals surface area contributed by atoms with Gasteiger partial charge in [-0.3, -0.25) is 4.79 Å². The minimum absolute atomic E-state index is 0.219. The SMILES string of the molecule is Cc1nccn1-c1cc(NC(=O)c2c(Cl)cccc2Cl)nc2ccccc12. The number of carbonyl (C=O) groups is 1. The summed E-state index contributed by atoms with van der Waals surface area (Å²) in [6.07, 6.45) is 3.60. The molecule has 27 heavy (non-hydrogen) atoms. The Labute approximate surface area is 165 Å². The monoisotopic (exact) mass is 396 g/mol. The molecule has 2 aromatic carbocycles. The molecule has 4 aromatic rings. The van der Waals surface area contributed by atoms with Crippen LogP contribution >= 0.6 is 23.2 Å². The number of benzene rings is 2. The second kappa shape index (κ2) is 7.02. The number of imidazole rings is 1. The molecule has 7 heteroatoms. The highest BCUT2D eigenvalue weighted by Gasteiger charge is 2.17. The summed E-state index contributed by atoms with van der Waals surface area (Å²) in [5.74, 6) is 0.817. The Morgan fingerprint density at radius 1 is 1.07 bits per heavy atom. The van der Waals surface area contributed by atoms with Crippen LogP contribution in [0.25, 0.3) is 16.6 Å². The molecule has 0 aliphatic rings. The first-order valence-electron chi connectivity index (χ1n) is 8.20. The first-order chi connectivity index (χ1) is 13.0. The van der Waals surface area contributed by atoms with Crippen LogP contribution in [0.3, 0.4) is 0 Å². The van der Waals surface area contributed by atoms with Crippen molar-refractivity contribution >= 4 is 45.8 Å². The van der Waals surface area contributed by atoms with Gasteiger partial charge in [0.25, 0.3) is 5.91 Å². The van der Waals surface area contributed by atoms with E-state index in [4.69, 9.17) is 23.2 Å². The summed E-state index contributed by atoms with van der Waals surface area (Å²) >= 11 is 12.3. The Morgan fingerprint density at radius 2 is 1.81 bits per heavy atom. The van der Waals surface area contributed by atoms with Crippen LogP contribution in [0.15, 0.2) is 60.9 Å². The lowest BCUT2D eigenvalue weighted by molar-refractivity contribution is 0.102. The predicted molar refractivity (Wildman–Crippen MR) is 108 cm³/mol. The molecule has 2 heterocycles. The molecule has 5 nitrogen and oxygen atoms in total. The summed E-state index contributed by atoms with van der Waals surface area (Å²) in [4.78, 5) is 21.5. The van der Waals surface area contributed by atoms with Crippen LogP contribution < -0.4 is 5.32 Å². The lowest BCUT2D eigenvalue weighted by Crippen LogP contribution is -2.14. The van der Waals surface area contributed by atoms with Crippen LogP contribution in [0.5, 0.6) is 0 Å². The minimum atomic E-state index is -0.415. The Bertz CT molecular complexity index is 1150. The average Bonchev–Trinajstić information content (AvgIpc) is 3.06. The Morgan fingerprint density at radius 3 is 2.52 bits per heavy atom. The molecule has 134 valence electrons. The Hall–Kier alpha value is -2.89. The Balaban J connectivity index is 1.81. The van der Waals surface area contributed by atoms with E-state index in [1.54, 1.807) is 30.5 Å². The number of nitrogens with zero attached hydrogens (tertiary/aromatic N) is 3. The third-order valence-corrected chi connectivity index (χ3v) is 4.84. The lowest BCUT2D eigenvalue weighted by atomic mass is 10.1. The van der Waals surface area contributed by atoms with Crippen LogP contribution in [0.2, 0.25) is 10.0 Å². The second-order valence-electron chi connectivity index (χ2n) is 5.94. The third-order valence-electron chi connectivity index (χ3n) is 4.21. The van der Waals surface area contributed by atoms with E-state index < -0.39 is 5.91 Å². The number of carbonyl (C=O) groups excluding carboxylic acids is 1. The standard InChI is InChI=1S/C20H14Cl2N4O/c1-12-23-9-10-26(12)17-11-18(24-16-8-3-2-5-13(16)17)25-20(27)19-14(21)6-4-7-15(19)22/h2-11H,1H3,(H,24,25,27). The molecule has 0 bridgehead atoms. The van der Waals surface area contributed by atoms with Gasteiger partial charge in [0.1, 0.15) is 11.6 Å². The minimum Gasteiger partial charge on any atom is -0.306 e. The van der Waals surface area contributed by atoms with Crippen LogP contribution in [-0.4, -0.2) is 20.4 Å². The Kier molecular flexibility index (Phi) is 4.56. The molecule has 0 fully saturated rings. The van der Waals surface area contributed by atoms with Gasteiger partial charge in [-0.1, -0.05) is 47.5 Å². The van der Waals surface area contributed by atoms with Crippen molar-refractivity contribution in [2.75, 3.05) is 5.32 Å². The molecule has 2 aromatic heterocycles. The highest BCUT2D eigenvalue weighted by atomic mass is 35.5. The quantitative estimate of drug-likeness (QED) is 0.511. The summed E-state index contributed by atoms with van der Waals surface area (Å²) in [5, 5.41) is 4.32. The average molecular weight is 397 g/mol. The maximum Gasteiger partial charge on any atom is 0.259 e. The molecular formula is C20H14Cl2N4O. The zero-order chi connectivity index (χ0) is 19.0. The number of halogens is 2. The summed E-state index contributed by atoms with van der Waals surface area (Å²) in [6.45, 7) is 1.91. The number of para-hydroxylation sites is 1. The number of aryl methyl sites for hydroxylation is 1. The molecule has 0 radical (unpaired) electrons. The molecule has 0 saturated carbocycles. The molecule has 1 amide bonds. The van der Waals surface area contributed by atoms with Crippen molar-refractivity contribution in [1.82, 2.24) is 14.5 Å². The number of hydrogen-bond donors (Lipinski definition) is 1. The number of aromatic nitrogens is 3. The van der Waals surface area contributed by atoms with Crippen LogP contribution in [0, 0.1) is 6.92 Å². The van der Waals surface area contributed by atoms with Gasteiger partial charge in [0.15, 0.2) is 0 Å². The second-order valence-corrected chi connectivity index (χ2v) is 6.75. The van der Waals surface area contributed by atoms with Crippen molar-refractivity contribution in [3.63, 3.8) is 0 Å². The molecule has 0 spiro atoms. The number of amides is 1. The van der Waals surface area contributed by atoms with Crippen molar-refractivity contribution in [2.45, 2.75) is 6.92 Å². The topological polar surface area (TPSA) is 59.8 Å². The first-order valence-corrected chi connectivity index (χ1v) is 8.95. The van der Waals surface area contributed by atoms with Gasteiger partial charge in [0.2, 0.25) is 0 Å². The number of rotatable bonds is 3. The van der Waals surface area contributed by atoms with Crippen LogP contribution in [0.1, 0.15) is 16.2 Å². The number of anilines is 1. The highest BCUT2D eigenvalue weighted by molar-refractivity contribution is 6.40. The molecule has 0 aliphatic carbocycles. The normalized spacial score (nSPS) is 10.9. The maximum atomic E-state index is 12.7. The molecule has 0 saturated heterocycles. The molecule has 0 atom stereocenters. The van der Waals surface area contributed by atoms with Gasteiger partial charge in [-0.15, -0.1) is 0 Å². The summed E-state index contributed by atoms with van der Waals surface area (Å²) in [7, 11) is 0.